The van der Waals surface area contributed by atoms with Crippen LogP contribution >= 0.6 is 0 Å². The van der Waals surface area contributed by atoms with Gasteiger partial charge in [0.15, 0.2) is 0 Å². The molecule has 6 heteroatoms. The van der Waals surface area contributed by atoms with Crippen LogP contribution in [0.4, 0.5) is 4.39 Å². The van der Waals surface area contributed by atoms with Crippen molar-refractivity contribution in [3.05, 3.63) is 95.9 Å². The second-order valence-electron chi connectivity index (χ2n) is 6.80. The minimum absolute atomic E-state index is 0.163. The Kier molecular flexibility index (Phi) is 5.13. The average Bonchev–Trinajstić information content (AvgIpc) is 2.72. The highest BCUT2D eigenvalue weighted by molar-refractivity contribution is 7.89. The van der Waals surface area contributed by atoms with Crippen molar-refractivity contribution >= 4 is 20.9 Å². The lowest BCUT2D eigenvalue weighted by Gasteiger charge is -2.12. The lowest BCUT2D eigenvalue weighted by Crippen LogP contribution is -2.23. The topological polar surface area (TPSA) is 59.1 Å². The predicted molar refractivity (Wildman–Crippen MR) is 112 cm³/mol. The Hall–Kier alpha value is -3.09. The van der Waals surface area contributed by atoms with E-state index in [1.807, 2.05) is 37.3 Å². The molecule has 4 rings (SSSR count). The number of nitrogens with one attached hydrogen (secondary N) is 1. The molecule has 29 heavy (non-hydrogen) atoms. The number of aryl methyl sites for hydroxylation is 1. The molecular formula is C23H19FN2O2S. The van der Waals surface area contributed by atoms with Crippen LogP contribution in [-0.4, -0.2) is 13.4 Å². The Balaban J connectivity index is 1.60. The number of hydrogen-bond acceptors (Lipinski definition) is 3. The van der Waals surface area contributed by atoms with Gasteiger partial charge in [-0.15, -0.1) is 0 Å². The van der Waals surface area contributed by atoms with Crippen molar-refractivity contribution < 1.29 is 12.8 Å². The SMILES string of the molecule is Cc1cc(S(=O)(=O)NCc2ccnc3ccccc23)ccc1-c1cccc(F)c1. The first-order valence-corrected chi connectivity index (χ1v) is 10.6. The lowest BCUT2D eigenvalue weighted by molar-refractivity contribution is 0.581. The van der Waals surface area contributed by atoms with Gasteiger partial charge in [-0.3, -0.25) is 4.98 Å². The number of halogens is 1. The molecular weight excluding hydrogens is 387 g/mol. The summed E-state index contributed by atoms with van der Waals surface area (Å²) in [5.41, 5.74) is 3.94. The lowest BCUT2D eigenvalue weighted by atomic mass is 10.0. The number of sulfonamides is 1. The zero-order valence-electron chi connectivity index (χ0n) is 15.8. The molecule has 1 N–H and O–H groups in total. The van der Waals surface area contributed by atoms with Crippen LogP contribution in [0, 0.1) is 12.7 Å². The van der Waals surface area contributed by atoms with Crippen molar-refractivity contribution in [3.8, 4) is 11.1 Å². The van der Waals surface area contributed by atoms with Gasteiger partial charge in [0.2, 0.25) is 10.0 Å². The van der Waals surface area contributed by atoms with E-state index >= 15 is 0 Å². The molecule has 0 saturated carbocycles. The quantitative estimate of drug-likeness (QED) is 0.517. The van der Waals surface area contributed by atoms with Crippen LogP contribution in [0.1, 0.15) is 11.1 Å². The molecule has 4 aromatic rings. The summed E-state index contributed by atoms with van der Waals surface area (Å²) in [6, 6.07) is 20.5. The summed E-state index contributed by atoms with van der Waals surface area (Å²) in [5, 5.41) is 0.912. The molecule has 1 heterocycles. The molecule has 0 aliphatic carbocycles. The average molecular weight is 406 g/mol. The highest BCUT2D eigenvalue weighted by Crippen LogP contribution is 2.26. The van der Waals surface area contributed by atoms with Gasteiger partial charge in [-0.1, -0.05) is 36.4 Å². The van der Waals surface area contributed by atoms with Crippen molar-refractivity contribution in [2.75, 3.05) is 0 Å². The fraction of sp³-hybridized carbons (Fsp3) is 0.0870. The highest BCUT2D eigenvalue weighted by Gasteiger charge is 2.16. The van der Waals surface area contributed by atoms with E-state index in [9.17, 15) is 12.8 Å². The minimum atomic E-state index is -3.70. The van der Waals surface area contributed by atoms with E-state index < -0.39 is 10.0 Å². The molecule has 0 saturated heterocycles. The second-order valence-corrected chi connectivity index (χ2v) is 8.57. The second kappa shape index (κ2) is 7.73. The fourth-order valence-electron chi connectivity index (χ4n) is 3.35. The molecule has 0 unspecified atom stereocenters. The molecule has 0 aliphatic rings. The molecule has 0 spiro atoms. The number of para-hydroxylation sites is 1. The third-order valence-electron chi connectivity index (χ3n) is 4.84. The van der Waals surface area contributed by atoms with Gasteiger partial charge >= 0.3 is 0 Å². The normalized spacial score (nSPS) is 11.7. The van der Waals surface area contributed by atoms with Crippen LogP contribution in [0.5, 0.6) is 0 Å². The van der Waals surface area contributed by atoms with Crippen LogP contribution in [-0.2, 0) is 16.6 Å². The number of nitrogens with zero attached hydrogens (tertiary/aromatic N) is 1. The fourth-order valence-corrected chi connectivity index (χ4v) is 4.44. The molecule has 1 aromatic heterocycles. The van der Waals surface area contributed by atoms with E-state index in [0.717, 1.165) is 27.6 Å². The van der Waals surface area contributed by atoms with Crippen LogP contribution < -0.4 is 4.72 Å². The molecule has 0 bridgehead atoms. The van der Waals surface area contributed by atoms with Gasteiger partial charge < -0.3 is 0 Å². The summed E-state index contributed by atoms with van der Waals surface area (Å²) >= 11 is 0. The Morgan fingerprint density at radius 3 is 2.59 bits per heavy atom. The summed E-state index contributed by atoms with van der Waals surface area (Å²) < 4.78 is 41.8. The van der Waals surface area contributed by atoms with E-state index in [1.54, 1.807) is 36.5 Å². The molecule has 0 amide bonds. The van der Waals surface area contributed by atoms with Crippen LogP contribution in [0.2, 0.25) is 0 Å². The summed E-state index contributed by atoms with van der Waals surface area (Å²) in [6.07, 6.45) is 1.67. The van der Waals surface area contributed by atoms with Gasteiger partial charge in [0.1, 0.15) is 5.82 Å². The smallest absolute Gasteiger partial charge is 0.240 e. The van der Waals surface area contributed by atoms with Gasteiger partial charge in [0, 0.05) is 18.1 Å². The first-order chi connectivity index (χ1) is 13.9. The van der Waals surface area contributed by atoms with E-state index in [2.05, 4.69) is 9.71 Å². The Morgan fingerprint density at radius 2 is 1.79 bits per heavy atom. The molecule has 4 nitrogen and oxygen atoms in total. The predicted octanol–water partition coefficient (Wildman–Crippen LogP) is 4.83. The minimum Gasteiger partial charge on any atom is -0.256 e. The van der Waals surface area contributed by atoms with Crippen molar-refractivity contribution in [1.82, 2.24) is 9.71 Å². The molecule has 146 valence electrons. The molecule has 0 atom stereocenters. The Morgan fingerprint density at radius 1 is 0.966 bits per heavy atom. The third kappa shape index (κ3) is 4.04. The highest BCUT2D eigenvalue weighted by atomic mass is 32.2. The molecule has 3 aromatic carbocycles. The zero-order chi connectivity index (χ0) is 20.4. The molecule has 0 aliphatic heterocycles. The number of fused-ring (bicyclic) bond motifs is 1. The van der Waals surface area contributed by atoms with Crippen molar-refractivity contribution in [3.63, 3.8) is 0 Å². The largest absolute Gasteiger partial charge is 0.256 e. The zero-order valence-corrected chi connectivity index (χ0v) is 16.6. The standard InChI is InChI=1S/C23H19FN2O2S/c1-16-13-20(9-10-21(16)17-5-4-6-19(24)14-17)29(27,28)26-15-18-11-12-25-23-8-3-2-7-22(18)23/h2-14,26H,15H2,1H3. The maximum Gasteiger partial charge on any atom is 0.240 e. The monoisotopic (exact) mass is 406 g/mol. The first kappa shape index (κ1) is 19.2. The summed E-state index contributed by atoms with van der Waals surface area (Å²) in [4.78, 5) is 4.47. The van der Waals surface area contributed by atoms with E-state index in [1.165, 1.54) is 12.1 Å². The van der Waals surface area contributed by atoms with Gasteiger partial charge in [-0.05, 0) is 65.6 Å². The van der Waals surface area contributed by atoms with E-state index in [4.69, 9.17) is 0 Å². The van der Waals surface area contributed by atoms with E-state index in [0.29, 0.717) is 5.56 Å². The van der Waals surface area contributed by atoms with Crippen molar-refractivity contribution in [1.29, 1.82) is 0 Å². The summed E-state index contributed by atoms with van der Waals surface area (Å²) in [5.74, 6) is -0.329. The van der Waals surface area contributed by atoms with E-state index in [-0.39, 0.29) is 17.3 Å². The van der Waals surface area contributed by atoms with Crippen LogP contribution in [0.15, 0.2) is 83.9 Å². The number of hydrogen-bond donors (Lipinski definition) is 1. The van der Waals surface area contributed by atoms with Gasteiger partial charge in [0.25, 0.3) is 0 Å². The number of benzene rings is 3. The summed E-state index contributed by atoms with van der Waals surface area (Å²) in [6.45, 7) is 1.98. The van der Waals surface area contributed by atoms with Crippen LogP contribution in [0.25, 0.3) is 22.0 Å². The maximum absolute atomic E-state index is 13.5. The van der Waals surface area contributed by atoms with Crippen molar-refractivity contribution in [2.45, 2.75) is 18.4 Å². The Bertz CT molecular complexity index is 1300. The van der Waals surface area contributed by atoms with Crippen molar-refractivity contribution in [2.24, 2.45) is 0 Å². The number of pyridine rings is 1. The van der Waals surface area contributed by atoms with Gasteiger partial charge in [-0.25, -0.2) is 17.5 Å². The molecule has 0 radical (unpaired) electrons. The number of rotatable bonds is 5. The third-order valence-corrected chi connectivity index (χ3v) is 6.23. The molecule has 0 fully saturated rings. The maximum atomic E-state index is 13.5. The van der Waals surface area contributed by atoms with Gasteiger partial charge in [-0.2, -0.15) is 0 Å². The van der Waals surface area contributed by atoms with Crippen LogP contribution in [0.3, 0.4) is 0 Å². The summed E-state index contributed by atoms with van der Waals surface area (Å²) in [7, 11) is -3.70. The Labute approximate surface area is 169 Å². The first-order valence-electron chi connectivity index (χ1n) is 9.13. The number of aromatic nitrogens is 1. The van der Waals surface area contributed by atoms with Gasteiger partial charge in [0.05, 0.1) is 10.4 Å².